The van der Waals surface area contributed by atoms with Crippen LogP contribution in [0.25, 0.3) is 10.9 Å². The largest absolute Gasteiger partial charge is 0.477 e. The predicted octanol–water partition coefficient (Wildman–Crippen LogP) is 2.92. The molecule has 2 aromatic carbocycles. The molecule has 3 aliphatic heterocycles. The summed E-state index contributed by atoms with van der Waals surface area (Å²) in [5, 5.41) is 9.59. The number of hydrogen-bond donors (Lipinski definition) is 1. The summed E-state index contributed by atoms with van der Waals surface area (Å²) < 4.78 is 56.8. The molecule has 13 nitrogen and oxygen atoms in total. The topological polar surface area (TPSA) is 117 Å². The van der Waals surface area contributed by atoms with Crippen LogP contribution < -0.4 is 25.0 Å². The number of carbonyl (C=O) groups is 1. The number of likely N-dealkylation sites (N-methyl/N-ethyl adjacent to an activating group) is 2. The van der Waals surface area contributed by atoms with Crippen molar-refractivity contribution in [1.82, 2.24) is 29.3 Å². The number of carboxylic acid groups (broad SMARTS) is 1. The highest BCUT2D eigenvalue weighted by molar-refractivity contribution is 5.93. The lowest BCUT2D eigenvalue weighted by Crippen LogP contribution is -2.49. The van der Waals surface area contributed by atoms with E-state index in [1.807, 2.05) is 4.90 Å². The third-order valence-corrected chi connectivity index (χ3v) is 10.1. The van der Waals surface area contributed by atoms with Crippen molar-refractivity contribution in [2.45, 2.75) is 12.7 Å². The summed E-state index contributed by atoms with van der Waals surface area (Å²) >= 11 is 0. The van der Waals surface area contributed by atoms with Crippen LogP contribution >= 0.6 is 0 Å². The van der Waals surface area contributed by atoms with Crippen LogP contribution in [0.2, 0.25) is 0 Å². The van der Waals surface area contributed by atoms with Gasteiger partial charge in [-0.25, -0.2) is 9.18 Å². The molecule has 0 saturated carbocycles. The Morgan fingerprint density at radius 3 is 1.65 bits per heavy atom. The third kappa shape index (κ3) is 7.32. The number of alkyl halides is 3. The van der Waals surface area contributed by atoms with E-state index in [4.69, 9.17) is 15.0 Å². The number of carboxylic acids is 1. The average Bonchev–Trinajstić information content (AvgIpc) is 3.13. The van der Waals surface area contributed by atoms with Crippen molar-refractivity contribution in [3.05, 3.63) is 75.3 Å². The van der Waals surface area contributed by atoms with Gasteiger partial charge in [0, 0.05) is 96.7 Å². The smallest absolute Gasteiger partial charge is 0.416 e. The molecule has 52 heavy (non-hydrogen) atoms. The van der Waals surface area contributed by atoms with Crippen LogP contribution in [0.4, 0.5) is 41.1 Å². The first-order valence-corrected chi connectivity index (χ1v) is 17.2. The van der Waals surface area contributed by atoms with Crippen LogP contribution in [0.15, 0.2) is 47.4 Å². The summed E-state index contributed by atoms with van der Waals surface area (Å²) in [6, 6.07) is 7.03. The lowest BCUT2D eigenvalue weighted by Gasteiger charge is -2.38. The molecule has 2 aromatic heterocycles. The standard InChI is InChI=1S/C35H40F4N10O3/c1-43-7-11-46(12-8-43)32-40-33(47-13-9-44(2)10-14-47)42-34(41-32)48-17-15-45(16-18-48)29-20-28-25(19-27(29)36)30(50)26(31(51)52)22-49(28)21-23-3-5-24(6-4-23)35(37,38)39/h3-6,19-20,22H,7-18,21H2,1-2H3,(H,51,52). The highest BCUT2D eigenvalue weighted by Gasteiger charge is 2.30. The van der Waals surface area contributed by atoms with E-state index in [2.05, 4.69) is 38.6 Å². The molecule has 5 heterocycles. The number of anilines is 4. The van der Waals surface area contributed by atoms with Crippen molar-refractivity contribution >= 4 is 40.4 Å². The molecule has 4 aromatic rings. The second-order valence-corrected chi connectivity index (χ2v) is 13.6. The van der Waals surface area contributed by atoms with E-state index in [1.165, 1.54) is 22.8 Å². The average molecular weight is 725 g/mol. The summed E-state index contributed by atoms with van der Waals surface area (Å²) in [7, 11) is 4.19. The maximum absolute atomic E-state index is 15.8. The normalized spacial score (nSPS) is 18.0. The van der Waals surface area contributed by atoms with Crippen molar-refractivity contribution in [3.63, 3.8) is 0 Å². The van der Waals surface area contributed by atoms with Crippen LogP contribution in [0.1, 0.15) is 21.5 Å². The minimum atomic E-state index is -4.52. The maximum Gasteiger partial charge on any atom is 0.416 e. The fourth-order valence-corrected chi connectivity index (χ4v) is 6.85. The molecule has 0 amide bonds. The van der Waals surface area contributed by atoms with Gasteiger partial charge in [-0.15, -0.1) is 0 Å². The van der Waals surface area contributed by atoms with Gasteiger partial charge < -0.3 is 39.1 Å². The molecule has 3 saturated heterocycles. The molecule has 0 radical (unpaired) electrons. The van der Waals surface area contributed by atoms with E-state index in [0.29, 0.717) is 49.6 Å². The first-order chi connectivity index (χ1) is 24.8. The predicted molar refractivity (Wildman–Crippen MR) is 189 cm³/mol. The highest BCUT2D eigenvalue weighted by Crippen LogP contribution is 2.31. The lowest BCUT2D eigenvalue weighted by molar-refractivity contribution is -0.137. The van der Waals surface area contributed by atoms with Crippen LogP contribution in [0.5, 0.6) is 0 Å². The number of piperazine rings is 3. The van der Waals surface area contributed by atoms with E-state index >= 15 is 4.39 Å². The van der Waals surface area contributed by atoms with E-state index in [1.54, 1.807) is 0 Å². The molecule has 0 unspecified atom stereocenters. The Balaban J connectivity index is 1.16. The zero-order valence-corrected chi connectivity index (χ0v) is 29.0. The first kappa shape index (κ1) is 35.4. The number of halogens is 4. The number of rotatable bonds is 7. The number of nitrogens with zero attached hydrogens (tertiary/aromatic N) is 10. The zero-order valence-electron chi connectivity index (χ0n) is 29.0. The number of fused-ring (bicyclic) bond motifs is 1. The van der Waals surface area contributed by atoms with Crippen molar-refractivity contribution in [1.29, 1.82) is 0 Å². The van der Waals surface area contributed by atoms with Crippen molar-refractivity contribution in [2.24, 2.45) is 0 Å². The van der Waals surface area contributed by atoms with E-state index < -0.39 is 34.5 Å². The number of benzene rings is 2. The van der Waals surface area contributed by atoms with Gasteiger partial charge in [0.2, 0.25) is 23.3 Å². The summed E-state index contributed by atoms with van der Waals surface area (Å²) in [6.45, 7) is 8.51. The minimum Gasteiger partial charge on any atom is -0.477 e. The summed E-state index contributed by atoms with van der Waals surface area (Å²) in [5.41, 5.74) is -1.30. The van der Waals surface area contributed by atoms with Gasteiger partial charge >= 0.3 is 12.1 Å². The van der Waals surface area contributed by atoms with E-state index in [0.717, 1.165) is 76.8 Å². The van der Waals surface area contributed by atoms with Crippen LogP contribution in [0.3, 0.4) is 0 Å². The van der Waals surface area contributed by atoms with Gasteiger partial charge in [-0.1, -0.05) is 12.1 Å². The van der Waals surface area contributed by atoms with Crippen LogP contribution in [0, 0.1) is 5.82 Å². The Bertz CT molecular complexity index is 1960. The molecule has 0 atom stereocenters. The number of aromatic nitrogens is 4. The molecule has 3 fully saturated rings. The van der Waals surface area contributed by atoms with E-state index in [9.17, 15) is 27.9 Å². The van der Waals surface area contributed by atoms with Gasteiger partial charge in [0.15, 0.2) is 0 Å². The summed E-state index contributed by atoms with van der Waals surface area (Å²) in [6.07, 6.45) is -3.36. The second-order valence-electron chi connectivity index (χ2n) is 13.6. The fourth-order valence-electron chi connectivity index (χ4n) is 6.85. The van der Waals surface area contributed by atoms with Gasteiger partial charge in [0.25, 0.3) is 0 Å². The van der Waals surface area contributed by atoms with Gasteiger partial charge in [-0.2, -0.15) is 28.1 Å². The first-order valence-electron chi connectivity index (χ1n) is 17.2. The quantitative estimate of drug-likeness (QED) is 0.283. The zero-order chi connectivity index (χ0) is 36.7. The van der Waals surface area contributed by atoms with Gasteiger partial charge in [-0.05, 0) is 43.9 Å². The number of pyridine rings is 1. The molecular weight excluding hydrogens is 684 g/mol. The SMILES string of the molecule is CN1CCN(c2nc(N3CCN(C)CC3)nc(N3CCN(c4cc5c(cc4F)c(=O)c(C(=O)O)cn5Cc4ccc(C(F)(F)F)cc4)CC3)n2)CC1. The maximum atomic E-state index is 15.8. The monoisotopic (exact) mass is 724 g/mol. The van der Waals surface area contributed by atoms with Gasteiger partial charge in [0.1, 0.15) is 11.4 Å². The molecule has 0 spiro atoms. The second kappa shape index (κ2) is 14.2. The fraction of sp³-hybridized carbons (Fsp3) is 0.457. The molecule has 7 rings (SSSR count). The van der Waals surface area contributed by atoms with E-state index in [-0.39, 0.29) is 23.1 Å². The van der Waals surface area contributed by atoms with Crippen molar-refractivity contribution < 1.29 is 27.5 Å². The summed E-state index contributed by atoms with van der Waals surface area (Å²) in [4.78, 5) is 52.6. The number of aromatic carboxylic acids is 1. The molecule has 17 heteroatoms. The molecular formula is C35H40F4N10O3. The molecule has 0 aliphatic carbocycles. The molecule has 3 aliphatic rings. The van der Waals surface area contributed by atoms with Crippen LogP contribution in [-0.4, -0.2) is 133 Å². The lowest BCUT2D eigenvalue weighted by atomic mass is 10.1. The third-order valence-electron chi connectivity index (χ3n) is 10.1. The highest BCUT2D eigenvalue weighted by atomic mass is 19.4. The Morgan fingerprint density at radius 1 is 0.731 bits per heavy atom. The van der Waals surface area contributed by atoms with Gasteiger partial charge in [0.05, 0.1) is 16.8 Å². The minimum absolute atomic E-state index is 0.0430. The Labute approximate surface area is 297 Å². The van der Waals surface area contributed by atoms with Crippen LogP contribution in [-0.2, 0) is 12.7 Å². The number of hydrogen-bond acceptors (Lipinski definition) is 11. The Morgan fingerprint density at radius 2 is 1.19 bits per heavy atom. The molecule has 0 bridgehead atoms. The van der Waals surface area contributed by atoms with Crippen molar-refractivity contribution in [2.75, 3.05) is 112 Å². The molecule has 276 valence electrons. The Kier molecular flexibility index (Phi) is 9.65. The van der Waals surface area contributed by atoms with Crippen molar-refractivity contribution in [3.8, 4) is 0 Å². The summed E-state index contributed by atoms with van der Waals surface area (Å²) in [5.74, 6) is -0.332. The Hall–Kier alpha value is -5.03. The van der Waals surface area contributed by atoms with Gasteiger partial charge in [-0.3, -0.25) is 4.79 Å². The molecule has 1 N–H and O–H groups in total.